The van der Waals surface area contributed by atoms with Gasteiger partial charge in [-0.2, -0.15) is 11.3 Å². The maximum atomic E-state index is 3.47. The van der Waals surface area contributed by atoms with E-state index in [2.05, 4.69) is 53.3 Å². The van der Waals surface area contributed by atoms with Crippen LogP contribution in [0.5, 0.6) is 0 Å². The molecule has 1 N–H and O–H groups in total. The lowest BCUT2D eigenvalue weighted by Gasteiger charge is -2.09. The first kappa shape index (κ1) is 10.2. The van der Waals surface area contributed by atoms with Gasteiger partial charge in [-0.1, -0.05) is 25.1 Å². The molecule has 1 nitrogen and oxygen atoms in total. The van der Waals surface area contributed by atoms with Crippen LogP contribution in [0.4, 0.5) is 5.69 Å². The Morgan fingerprint density at radius 2 is 2.07 bits per heavy atom. The van der Waals surface area contributed by atoms with Gasteiger partial charge >= 0.3 is 0 Å². The van der Waals surface area contributed by atoms with Crippen LogP contribution in [0.3, 0.4) is 0 Å². The zero-order valence-electron chi connectivity index (χ0n) is 8.86. The van der Waals surface area contributed by atoms with E-state index in [1.807, 2.05) is 0 Å². The predicted octanol–water partition coefficient (Wildman–Crippen LogP) is 3.92. The molecule has 78 valence electrons. The molecule has 15 heavy (non-hydrogen) atoms. The first-order valence-corrected chi connectivity index (χ1v) is 6.17. The third-order valence-electron chi connectivity index (χ3n) is 2.46. The maximum absolute atomic E-state index is 3.47. The van der Waals surface area contributed by atoms with E-state index in [1.54, 1.807) is 11.3 Å². The largest absolute Gasteiger partial charge is 0.381 e. The minimum Gasteiger partial charge on any atom is -0.381 e. The van der Waals surface area contributed by atoms with Crippen molar-refractivity contribution in [3.05, 3.63) is 52.2 Å². The second-order valence-corrected chi connectivity index (χ2v) is 4.28. The van der Waals surface area contributed by atoms with Crippen molar-refractivity contribution in [2.75, 3.05) is 5.32 Å². The van der Waals surface area contributed by atoms with Crippen molar-refractivity contribution in [3.8, 4) is 0 Å². The highest BCUT2D eigenvalue weighted by molar-refractivity contribution is 7.07. The number of hydrogen-bond acceptors (Lipinski definition) is 2. The highest BCUT2D eigenvalue weighted by atomic mass is 32.1. The molecule has 0 aliphatic carbocycles. The molecule has 0 saturated carbocycles. The van der Waals surface area contributed by atoms with E-state index < -0.39 is 0 Å². The molecule has 0 saturated heterocycles. The van der Waals surface area contributed by atoms with Crippen molar-refractivity contribution in [2.45, 2.75) is 19.9 Å². The van der Waals surface area contributed by atoms with Crippen LogP contribution in [-0.4, -0.2) is 0 Å². The summed E-state index contributed by atoms with van der Waals surface area (Å²) in [5, 5.41) is 7.77. The zero-order valence-corrected chi connectivity index (χ0v) is 9.68. The number of hydrogen-bond donors (Lipinski definition) is 1. The fourth-order valence-corrected chi connectivity index (χ4v) is 2.26. The Hall–Kier alpha value is -1.28. The summed E-state index contributed by atoms with van der Waals surface area (Å²) in [7, 11) is 0. The number of nitrogens with one attached hydrogen (secondary N) is 1. The van der Waals surface area contributed by atoms with E-state index in [4.69, 9.17) is 0 Å². The van der Waals surface area contributed by atoms with Crippen LogP contribution in [0.15, 0.2) is 41.1 Å². The molecule has 0 amide bonds. The van der Waals surface area contributed by atoms with Crippen LogP contribution in [0.2, 0.25) is 0 Å². The number of rotatable bonds is 4. The third kappa shape index (κ3) is 2.60. The van der Waals surface area contributed by atoms with E-state index in [0.717, 1.165) is 13.0 Å². The Balaban J connectivity index is 2.04. The second-order valence-electron chi connectivity index (χ2n) is 3.50. The molecule has 2 rings (SSSR count). The van der Waals surface area contributed by atoms with Crippen LogP contribution in [0, 0.1) is 0 Å². The van der Waals surface area contributed by atoms with E-state index in [0.29, 0.717) is 0 Å². The topological polar surface area (TPSA) is 12.0 Å². The van der Waals surface area contributed by atoms with Gasteiger partial charge in [0.25, 0.3) is 0 Å². The molecule has 1 aromatic carbocycles. The van der Waals surface area contributed by atoms with E-state index in [1.165, 1.54) is 16.8 Å². The van der Waals surface area contributed by atoms with Crippen LogP contribution >= 0.6 is 11.3 Å². The fourth-order valence-electron chi connectivity index (χ4n) is 1.59. The predicted molar refractivity (Wildman–Crippen MR) is 67.5 cm³/mol. The van der Waals surface area contributed by atoms with Gasteiger partial charge in [-0.3, -0.25) is 0 Å². The Morgan fingerprint density at radius 1 is 1.20 bits per heavy atom. The first-order valence-electron chi connectivity index (χ1n) is 5.23. The van der Waals surface area contributed by atoms with E-state index >= 15 is 0 Å². The molecule has 0 unspecified atom stereocenters. The molecule has 1 heterocycles. The average molecular weight is 217 g/mol. The van der Waals surface area contributed by atoms with Gasteiger partial charge in [0, 0.05) is 12.2 Å². The number of para-hydroxylation sites is 1. The Bertz CT molecular complexity index is 406. The molecule has 0 radical (unpaired) electrons. The summed E-state index contributed by atoms with van der Waals surface area (Å²) in [6.45, 7) is 3.10. The van der Waals surface area contributed by atoms with E-state index in [-0.39, 0.29) is 0 Å². The first-order chi connectivity index (χ1) is 7.40. The van der Waals surface area contributed by atoms with Crippen molar-refractivity contribution >= 4 is 17.0 Å². The van der Waals surface area contributed by atoms with Gasteiger partial charge in [0.2, 0.25) is 0 Å². The van der Waals surface area contributed by atoms with Gasteiger partial charge in [0.1, 0.15) is 0 Å². The lowest BCUT2D eigenvalue weighted by molar-refractivity contribution is 1.10. The molecule has 0 aliphatic rings. The van der Waals surface area contributed by atoms with Crippen molar-refractivity contribution in [3.63, 3.8) is 0 Å². The second kappa shape index (κ2) is 4.99. The molecule has 0 atom stereocenters. The summed E-state index contributed by atoms with van der Waals surface area (Å²) >= 11 is 1.74. The molecular weight excluding hydrogens is 202 g/mol. The SMILES string of the molecule is CCc1ccccc1NCc1ccsc1. The molecule has 1 aromatic heterocycles. The molecule has 0 aliphatic heterocycles. The molecule has 0 spiro atoms. The summed E-state index contributed by atoms with van der Waals surface area (Å²) in [5.74, 6) is 0. The lowest BCUT2D eigenvalue weighted by atomic mass is 10.1. The highest BCUT2D eigenvalue weighted by Gasteiger charge is 1.98. The minimum atomic E-state index is 0.917. The van der Waals surface area contributed by atoms with Gasteiger partial charge in [-0.25, -0.2) is 0 Å². The number of benzene rings is 1. The summed E-state index contributed by atoms with van der Waals surface area (Å²) in [6, 6.07) is 10.6. The molecule has 2 aromatic rings. The fraction of sp³-hybridized carbons (Fsp3) is 0.231. The Kier molecular flexibility index (Phi) is 3.41. The van der Waals surface area contributed by atoms with Gasteiger partial charge in [-0.05, 0) is 40.4 Å². The van der Waals surface area contributed by atoms with Gasteiger partial charge < -0.3 is 5.32 Å². The van der Waals surface area contributed by atoms with Crippen LogP contribution in [0.1, 0.15) is 18.1 Å². The van der Waals surface area contributed by atoms with Crippen LogP contribution < -0.4 is 5.32 Å². The summed E-state index contributed by atoms with van der Waals surface area (Å²) < 4.78 is 0. The van der Waals surface area contributed by atoms with Crippen molar-refractivity contribution in [2.24, 2.45) is 0 Å². The van der Waals surface area contributed by atoms with Crippen molar-refractivity contribution in [1.82, 2.24) is 0 Å². The quantitative estimate of drug-likeness (QED) is 0.818. The van der Waals surface area contributed by atoms with Crippen LogP contribution in [0.25, 0.3) is 0 Å². The Morgan fingerprint density at radius 3 is 2.80 bits per heavy atom. The highest BCUT2D eigenvalue weighted by Crippen LogP contribution is 2.17. The zero-order chi connectivity index (χ0) is 10.5. The van der Waals surface area contributed by atoms with Crippen LogP contribution in [-0.2, 0) is 13.0 Å². The number of thiophene rings is 1. The van der Waals surface area contributed by atoms with Gasteiger partial charge in [-0.15, -0.1) is 0 Å². The van der Waals surface area contributed by atoms with Crippen molar-refractivity contribution < 1.29 is 0 Å². The van der Waals surface area contributed by atoms with Gasteiger partial charge in [0.15, 0.2) is 0 Å². The number of anilines is 1. The molecule has 0 bridgehead atoms. The number of aryl methyl sites for hydroxylation is 1. The van der Waals surface area contributed by atoms with Crippen molar-refractivity contribution in [1.29, 1.82) is 0 Å². The maximum Gasteiger partial charge on any atom is 0.0409 e. The Labute approximate surface area is 94.8 Å². The smallest absolute Gasteiger partial charge is 0.0409 e. The summed E-state index contributed by atoms with van der Waals surface area (Å²) in [6.07, 6.45) is 1.08. The van der Waals surface area contributed by atoms with E-state index in [9.17, 15) is 0 Å². The summed E-state index contributed by atoms with van der Waals surface area (Å²) in [4.78, 5) is 0. The lowest BCUT2D eigenvalue weighted by Crippen LogP contribution is -2.00. The molecular formula is C13H15NS. The third-order valence-corrected chi connectivity index (χ3v) is 3.19. The normalized spacial score (nSPS) is 10.2. The average Bonchev–Trinajstić information content (AvgIpc) is 2.79. The van der Waals surface area contributed by atoms with Gasteiger partial charge in [0.05, 0.1) is 0 Å². The monoisotopic (exact) mass is 217 g/mol. The minimum absolute atomic E-state index is 0.917. The standard InChI is InChI=1S/C13H15NS/c1-2-12-5-3-4-6-13(12)14-9-11-7-8-15-10-11/h3-8,10,14H,2,9H2,1H3. The summed E-state index contributed by atoms with van der Waals surface area (Å²) in [5.41, 5.74) is 3.99. The molecule has 0 fully saturated rings. The molecule has 2 heteroatoms.